The van der Waals surface area contributed by atoms with Crippen molar-refractivity contribution >= 4 is 35.0 Å². The Kier molecular flexibility index (Phi) is 6.99. The first-order valence-electron chi connectivity index (χ1n) is 9.39. The maximum atomic E-state index is 13.6. The maximum Gasteiger partial charge on any atom is 0.194 e. The Labute approximate surface area is 194 Å². The first-order chi connectivity index (χ1) is 15.3. The number of thioether (sulfide) groups is 1. The zero-order chi connectivity index (χ0) is 23.0. The molecule has 1 saturated heterocycles. The molecule has 0 bridgehead atoms. The topological polar surface area (TPSA) is 80.4 Å². The summed E-state index contributed by atoms with van der Waals surface area (Å²) in [5.41, 5.74) is -0.392. The minimum Gasteiger partial charge on any atom is -0.394 e. The Bertz CT molecular complexity index is 1110. The molecule has 0 amide bonds. The van der Waals surface area contributed by atoms with Crippen molar-refractivity contribution in [3.05, 3.63) is 64.0 Å². The van der Waals surface area contributed by atoms with Crippen molar-refractivity contribution in [1.29, 1.82) is 0 Å². The van der Waals surface area contributed by atoms with Gasteiger partial charge in [-0.3, -0.25) is 0 Å². The van der Waals surface area contributed by atoms with Gasteiger partial charge >= 0.3 is 0 Å². The van der Waals surface area contributed by atoms with Crippen molar-refractivity contribution in [1.82, 2.24) is 15.0 Å². The fourth-order valence-corrected chi connectivity index (χ4v) is 4.87. The van der Waals surface area contributed by atoms with Crippen LogP contribution in [-0.2, 0) is 4.74 Å². The predicted molar refractivity (Wildman–Crippen MR) is 113 cm³/mol. The average molecular weight is 506 g/mol. The largest absolute Gasteiger partial charge is 0.394 e. The van der Waals surface area contributed by atoms with Crippen LogP contribution < -0.4 is 0 Å². The van der Waals surface area contributed by atoms with Gasteiger partial charge in [-0.05, 0) is 30.3 Å². The second-order valence-corrected chi connectivity index (χ2v) is 9.16. The van der Waals surface area contributed by atoms with Crippen LogP contribution in [0.2, 0.25) is 10.0 Å². The number of benzene rings is 2. The van der Waals surface area contributed by atoms with Crippen molar-refractivity contribution < 1.29 is 28.1 Å². The van der Waals surface area contributed by atoms with Crippen molar-refractivity contribution in [3.63, 3.8) is 0 Å². The molecule has 1 aliphatic heterocycles. The highest BCUT2D eigenvalue weighted by Gasteiger charge is 2.39. The lowest BCUT2D eigenvalue weighted by molar-refractivity contribution is -0.130. The Morgan fingerprint density at radius 3 is 2.50 bits per heavy atom. The number of aliphatic hydroxyl groups is 2. The van der Waals surface area contributed by atoms with E-state index in [-0.39, 0.29) is 17.7 Å². The highest BCUT2D eigenvalue weighted by atomic mass is 35.5. The van der Waals surface area contributed by atoms with E-state index in [4.69, 9.17) is 27.9 Å². The molecule has 12 heteroatoms. The third kappa shape index (κ3) is 4.75. The highest BCUT2D eigenvalue weighted by molar-refractivity contribution is 7.99. The monoisotopic (exact) mass is 505 g/mol. The Hall–Kier alpha value is -1.82. The van der Waals surface area contributed by atoms with Crippen LogP contribution in [0.5, 0.6) is 0 Å². The number of aliphatic hydroxyl groups excluding tert-OH is 2. The molecule has 2 aromatic carbocycles. The molecular weight excluding hydrogens is 490 g/mol. The van der Waals surface area contributed by atoms with Crippen LogP contribution in [0.4, 0.5) is 13.2 Å². The summed E-state index contributed by atoms with van der Waals surface area (Å²) in [4.78, 5) is 0.771. The average Bonchev–Trinajstić information content (AvgIpc) is 3.25. The fraction of sp³-hybridized carbons (Fsp3) is 0.300. The first kappa shape index (κ1) is 23.3. The molecule has 0 unspecified atom stereocenters. The van der Waals surface area contributed by atoms with Gasteiger partial charge in [0, 0.05) is 16.9 Å². The number of hydrogen-bond donors (Lipinski definition) is 2. The third-order valence-corrected chi connectivity index (χ3v) is 6.84. The number of rotatable bonds is 5. The van der Waals surface area contributed by atoms with E-state index in [1.54, 1.807) is 18.2 Å². The zero-order valence-corrected chi connectivity index (χ0v) is 18.5. The maximum absolute atomic E-state index is 13.6. The van der Waals surface area contributed by atoms with Gasteiger partial charge in [0.2, 0.25) is 0 Å². The quantitative estimate of drug-likeness (QED) is 0.498. The molecule has 1 fully saturated rings. The van der Waals surface area contributed by atoms with E-state index < -0.39 is 47.7 Å². The molecule has 170 valence electrons. The summed E-state index contributed by atoms with van der Waals surface area (Å²) in [6.45, 7) is -0.438. The predicted octanol–water partition coefficient (Wildman–Crippen LogP) is 4.47. The Balaban J connectivity index is 1.58. The van der Waals surface area contributed by atoms with E-state index >= 15 is 0 Å². The fourth-order valence-electron chi connectivity index (χ4n) is 3.38. The molecule has 0 spiro atoms. The van der Waals surface area contributed by atoms with Crippen LogP contribution >= 0.6 is 35.0 Å². The Morgan fingerprint density at radius 2 is 1.84 bits per heavy atom. The van der Waals surface area contributed by atoms with E-state index in [1.807, 2.05) is 0 Å². The third-order valence-electron chi connectivity index (χ3n) is 5.00. The minimum atomic E-state index is -1.58. The molecule has 2 N–H and O–H groups in total. The molecule has 1 aliphatic rings. The first-order valence-corrected chi connectivity index (χ1v) is 11.0. The summed E-state index contributed by atoms with van der Waals surface area (Å²) in [5.74, 6) is -4.27. The van der Waals surface area contributed by atoms with E-state index in [0.29, 0.717) is 10.0 Å². The number of aromatic nitrogens is 3. The summed E-state index contributed by atoms with van der Waals surface area (Å²) >= 11 is 13.3. The molecule has 32 heavy (non-hydrogen) atoms. The van der Waals surface area contributed by atoms with Gasteiger partial charge in [0.1, 0.15) is 23.3 Å². The standard InChI is InChI=1S/C20H16Cl2F3N3O3S/c21-11-2-1-10(5-12(11)22)32-18-6-16(20(30)17(8-29)31-18)28-7-15(26-27-28)9-3-13(23)19(25)14(24)4-9/h1-5,7,16-18,20,29-30H,6,8H2/t16-,17-,18-,20-/m1/s1. The number of hydrogen-bond acceptors (Lipinski definition) is 6. The lowest BCUT2D eigenvalue weighted by Gasteiger charge is -2.38. The summed E-state index contributed by atoms with van der Waals surface area (Å²) in [7, 11) is 0. The van der Waals surface area contributed by atoms with Crippen LogP contribution in [0.3, 0.4) is 0 Å². The van der Waals surface area contributed by atoms with Crippen LogP contribution in [-0.4, -0.2) is 49.5 Å². The lowest BCUT2D eigenvalue weighted by Crippen LogP contribution is -2.47. The molecule has 0 saturated carbocycles. The van der Waals surface area contributed by atoms with Gasteiger partial charge in [-0.25, -0.2) is 17.9 Å². The van der Waals surface area contributed by atoms with E-state index in [0.717, 1.165) is 17.0 Å². The highest BCUT2D eigenvalue weighted by Crippen LogP contribution is 2.39. The van der Waals surface area contributed by atoms with Crippen molar-refractivity contribution in [2.45, 2.75) is 35.0 Å². The van der Waals surface area contributed by atoms with Gasteiger partial charge in [0.25, 0.3) is 0 Å². The number of ether oxygens (including phenoxy) is 1. The molecule has 3 aromatic rings. The summed E-state index contributed by atoms with van der Waals surface area (Å²) in [6, 6.07) is 6.06. The van der Waals surface area contributed by atoms with Crippen LogP contribution in [0.1, 0.15) is 12.5 Å². The molecule has 0 radical (unpaired) electrons. The SMILES string of the molecule is OC[C@H]1O[C@H](Sc2ccc(Cl)c(Cl)c2)C[C@@H](n2cc(-c3cc(F)c(F)c(F)c3)nn2)[C@H]1O. The summed E-state index contributed by atoms with van der Waals surface area (Å²) < 4.78 is 47.5. The van der Waals surface area contributed by atoms with E-state index in [9.17, 15) is 23.4 Å². The van der Waals surface area contributed by atoms with Gasteiger partial charge in [-0.15, -0.1) is 5.10 Å². The number of nitrogens with zero attached hydrogens (tertiary/aromatic N) is 3. The molecule has 4 atom stereocenters. The van der Waals surface area contributed by atoms with Gasteiger partial charge in [0.05, 0.1) is 28.9 Å². The molecule has 4 rings (SSSR count). The van der Waals surface area contributed by atoms with Crippen LogP contribution in [0, 0.1) is 17.5 Å². The van der Waals surface area contributed by atoms with Crippen LogP contribution in [0.15, 0.2) is 41.4 Å². The van der Waals surface area contributed by atoms with Gasteiger partial charge in [0.15, 0.2) is 17.5 Å². The van der Waals surface area contributed by atoms with E-state index in [2.05, 4.69) is 10.3 Å². The normalized spacial score (nSPS) is 23.5. The van der Waals surface area contributed by atoms with Crippen molar-refractivity contribution in [2.75, 3.05) is 6.61 Å². The smallest absolute Gasteiger partial charge is 0.194 e. The summed E-state index contributed by atoms with van der Waals surface area (Å²) in [5, 5.41) is 29.0. The molecule has 0 aliphatic carbocycles. The van der Waals surface area contributed by atoms with Crippen molar-refractivity contribution in [2.24, 2.45) is 0 Å². The molecular formula is C20H16Cl2F3N3O3S. The van der Waals surface area contributed by atoms with Gasteiger partial charge in [-0.2, -0.15) is 0 Å². The Morgan fingerprint density at radius 1 is 1.12 bits per heavy atom. The van der Waals surface area contributed by atoms with E-state index in [1.165, 1.54) is 22.6 Å². The second kappa shape index (κ2) is 9.58. The zero-order valence-electron chi connectivity index (χ0n) is 16.1. The minimum absolute atomic E-state index is 0.00496. The summed E-state index contributed by atoms with van der Waals surface area (Å²) in [6.07, 6.45) is -0.359. The second-order valence-electron chi connectivity index (χ2n) is 7.11. The van der Waals surface area contributed by atoms with Gasteiger partial charge in [-0.1, -0.05) is 40.2 Å². The number of halogens is 5. The molecule has 2 heterocycles. The lowest BCUT2D eigenvalue weighted by atomic mass is 10.00. The van der Waals surface area contributed by atoms with Crippen molar-refractivity contribution in [3.8, 4) is 11.3 Å². The van der Waals surface area contributed by atoms with Gasteiger partial charge < -0.3 is 14.9 Å². The van der Waals surface area contributed by atoms with Crippen LogP contribution in [0.25, 0.3) is 11.3 Å². The molecule has 1 aromatic heterocycles. The molecule has 6 nitrogen and oxygen atoms in total.